The van der Waals surface area contributed by atoms with Crippen LogP contribution in [0.1, 0.15) is 19.3 Å². The van der Waals surface area contributed by atoms with E-state index in [2.05, 4.69) is 4.74 Å². The van der Waals surface area contributed by atoms with Gasteiger partial charge in [0.15, 0.2) is 5.72 Å². The minimum Gasteiger partial charge on any atom is -0.453 e. The molecule has 5 heteroatoms. The van der Waals surface area contributed by atoms with Crippen molar-refractivity contribution in [2.24, 2.45) is 0 Å². The molecular formula is C8H15NO4. The predicted molar refractivity (Wildman–Crippen MR) is 45.0 cm³/mol. The molecule has 1 amide bonds. The molecule has 1 aliphatic rings. The summed E-state index contributed by atoms with van der Waals surface area (Å²) in [5.74, 6) is 0. The second-order valence-corrected chi connectivity index (χ2v) is 3.22. The molecule has 13 heavy (non-hydrogen) atoms. The van der Waals surface area contributed by atoms with Crippen molar-refractivity contribution >= 4 is 6.09 Å². The van der Waals surface area contributed by atoms with Crippen LogP contribution < -0.4 is 0 Å². The zero-order valence-electron chi connectivity index (χ0n) is 7.69. The molecule has 0 aliphatic carbocycles. The summed E-state index contributed by atoms with van der Waals surface area (Å²) in [5.41, 5.74) is -1.43. The smallest absolute Gasteiger partial charge is 0.411 e. The molecule has 0 aromatic heterocycles. The normalized spacial score (nSPS) is 28.7. The highest BCUT2D eigenvalue weighted by Crippen LogP contribution is 2.25. The van der Waals surface area contributed by atoms with E-state index in [0.29, 0.717) is 13.0 Å². The summed E-state index contributed by atoms with van der Waals surface area (Å²) in [6, 6.07) is 0. The van der Waals surface area contributed by atoms with Gasteiger partial charge in [-0.3, -0.25) is 4.90 Å². The van der Waals surface area contributed by atoms with Crippen LogP contribution in [0.15, 0.2) is 0 Å². The molecule has 0 radical (unpaired) electrons. The van der Waals surface area contributed by atoms with Crippen molar-refractivity contribution < 1.29 is 19.7 Å². The third-order valence-electron chi connectivity index (χ3n) is 2.36. The molecule has 1 aliphatic heterocycles. The number of ether oxygens (including phenoxy) is 1. The van der Waals surface area contributed by atoms with Crippen molar-refractivity contribution in [2.75, 3.05) is 20.3 Å². The first-order valence-electron chi connectivity index (χ1n) is 4.33. The molecule has 1 fully saturated rings. The molecule has 76 valence electrons. The quantitative estimate of drug-likeness (QED) is 0.605. The third-order valence-corrected chi connectivity index (χ3v) is 2.36. The maximum Gasteiger partial charge on any atom is 0.411 e. The van der Waals surface area contributed by atoms with Crippen LogP contribution in [0.4, 0.5) is 4.79 Å². The zero-order valence-corrected chi connectivity index (χ0v) is 7.69. The van der Waals surface area contributed by atoms with Gasteiger partial charge in [0, 0.05) is 6.54 Å². The maximum atomic E-state index is 11.2. The average Bonchev–Trinajstić information content (AvgIpc) is 2.17. The summed E-state index contributed by atoms with van der Waals surface area (Å²) in [7, 11) is 1.26. The molecular weight excluding hydrogens is 174 g/mol. The van der Waals surface area contributed by atoms with Crippen LogP contribution in [-0.4, -0.2) is 47.2 Å². The zero-order chi connectivity index (χ0) is 9.90. The van der Waals surface area contributed by atoms with Crippen LogP contribution in [0.5, 0.6) is 0 Å². The third kappa shape index (κ3) is 1.92. The van der Waals surface area contributed by atoms with Crippen molar-refractivity contribution in [2.45, 2.75) is 25.0 Å². The van der Waals surface area contributed by atoms with E-state index in [1.165, 1.54) is 12.0 Å². The van der Waals surface area contributed by atoms with E-state index in [0.717, 1.165) is 12.8 Å². The van der Waals surface area contributed by atoms with Crippen LogP contribution in [0.25, 0.3) is 0 Å². The highest BCUT2D eigenvalue weighted by atomic mass is 16.5. The Morgan fingerprint density at radius 2 is 2.31 bits per heavy atom. The fraction of sp³-hybridized carbons (Fsp3) is 0.875. The van der Waals surface area contributed by atoms with Gasteiger partial charge in [0.05, 0.1) is 13.7 Å². The van der Waals surface area contributed by atoms with Crippen LogP contribution >= 0.6 is 0 Å². The van der Waals surface area contributed by atoms with Gasteiger partial charge in [-0.2, -0.15) is 0 Å². The van der Waals surface area contributed by atoms with E-state index in [1.807, 2.05) is 0 Å². The fourth-order valence-electron chi connectivity index (χ4n) is 1.56. The number of rotatable bonds is 1. The molecule has 2 N–H and O–H groups in total. The van der Waals surface area contributed by atoms with E-state index < -0.39 is 18.4 Å². The molecule has 1 saturated heterocycles. The van der Waals surface area contributed by atoms with E-state index in [1.54, 1.807) is 0 Å². The summed E-state index contributed by atoms with van der Waals surface area (Å²) in [4.78, 5) is 12.4. The lowest BCUT2D eigenvalue weighted by Gasteiger charge is -2.40. The molecule has 0 bridgehead atoms. The van der Waals surface area contributed by atoms with Crippen molar-refractivity contribution in [3.05, 3.63) is 0 Å². The Kier molecular flexibility index (Phi) is 3.11. The van der Waals surface area contributed by atoms with Crippen molar-refractivity contribution in [1.29, 1.82) is 0 Å². The van der Waals surface area contributed by atoms with Crippen molar-refractivity contribution in [3.8, 4) is 0 Å². The Hall–Kier alpha value is -0.810. The molecule has 1 rings (SSSR count). The summed E-state index contributed by atoms with van der Waals surface area (Å²) >= 11 is 0. The lowest BCUT2D eigenvalue weighted by molar-refractivity contribution is -0.143. The lowest BCUT2D eigenvalue weighted by atomic mass is 10.00. The van der Waals surface area contributed by atoms with Crippen molar-refractivity contribution in [3.63, 3.8) is 0 Å². The highest BCUT2D eigenvalue weighted by Gasteiger charge is 2.39. The number of aliphatic hydroxyl groups excluding tert-OH is 1. The van der Waals surface area contributed by atoms with Gasteiger partial charge in [-0.1, -0.05) is 0 Å². The second kappa shape index (κ2) is 3.93. The van der Waals surface area contributed by atoms with Crippen LogP contribution in [0, 0.1) is 0 Å². The maximum absolute atomic E-state index is 11.2. The Balaban J connectivity index is 2.72. The topological polar surface area (TPSA) is 70.0 Å². The molecule has 1 atom stereocenters. The van der Waals surface area contributed by atoms with E-state index >= 15 is 0 Å². The molecule has 0 saturated carbocycles. The first-order chi connectivity index (χ1) is 6.14. The molecule has 1 unspecified atom stereocenters. The van der Waals surface area contributed by atoms with Gasteiger partial charge >= 0.3 is 6.09 Å². The van der Waals surface area contributed by atoms with Gasteiger partial charge in [0.25, 0.3) is 0 Å². The van der Waals surface area contributed by atoms with E-state index in [-0.39, 0.29) is 0 Å². The van der Waals surface area contributed by atoms with Crippen molar-refractivity contribution in [1.82, 2.24) is 4.90 Å². The SMILES string of the molecule is COC(=O)N1CCCCC1(O)CO. The van der Waals surface area contributed by atoms with Gasteiger partial charge in [-0.15, -0.1) is 0 Å². The van der Waals surface area contributed by atoms with Gasteiger partial charge in [-0.05, 0) is 19.3 Å². The second-order valence-electron chi connectivity index (χ2n) is 3.22. The molecule has 0 aromatic carbocycles. The number of aliphatic hydroxyl groups is 2. The number of piperidine rings is 1. The Morgan fingerprint density at radius 1 is 1.62 bits per heavy atom. The molecule has 0 aromatic rings. The Labute approximate surface area is 76.9 Å². The average molecular weight is 189 g/mol. The molecule has 1 heterocycles. The number of hydrogen-bond acceptors (Lipinski definition) is 4. The molecule has 5 nitrogen and oxygen atoms in total. The number of carbonyl (C=O) groups is 1. The van der Waals surface area contributed by atoms with Gasteiger partial charge < -0.3 is 14.9 Å². The first-order valence-corrected chi connectivity index (χ1v) is 4.33. The van der Waals surface area contributed by atoms with Gasteiger partial charge in [0.1, 0.15) is 0 Å². The minimum absolute atomic E-state index is 0.401. The monoisotopic (exact) mass is 189 g/mol. The number of carbonyl (C=O) groups excluding carboxylic acids is 1. The summed E-state index contributed by atoms with van der Waals surface area (Å²) < 4.78 is 4.50. The largest absolute Gasteiger partial charge is 0.453 e. The predicted octanol–water partition coefficient (Wildman–Crippen LogP) is -0.0804. The van der Waals surface area contributed by atoms with E-state index in [9.17, 15) is 9.90 Å². The minimum atomic E-state index is -1.43. The summed E-state index contributed by atoms with van der Waals surface area (Å²) in [6.45, 7) is -0.00810. The highest BCUT2D eigenvalue weighted by molar-refractivity contribution is 5.68. The number of methoxy groups -OCH3 is 1. The molecule has 0 spiro atoms. The first kappa shape index (κ1) is 10.3. The van der Waals surface area contributed by atoms with Crippen LogP contribution in [-0.2, 0) is 4.74 Å². The van der Waals surface area contributed by atoms with Crippen LogP contribution in [0.3, 0.4) is 0 Å². The standard InChI is InChI=1S/C8H15NO4/c1-13-7(11)9-5-3-2-4-8(9,12)6-10/h10,12H,2-6H2,1H3. The number of hydrogen-bond donors (Lipinski definition) is 2. The summed E-state index contributed by atoms with van der Waals surface area (Å²) in [5, 5.41) is 18.8. The summed E-state index contributed by atoms with van der Waals surface area (Å²) in [6.07, 6.45) is 1.46. The Bertz CT molecular complexity index is 197. The number of likely N-dealkylation sites (tertiary alicyclic amines) is 1. The Morgan fingerprint density at radius 3 is 2.85 bits per heavy atom. The number of nitrogens with zero attached hydrogens (tertiary/aromatic N) is 1. The van der Waals surface area contributed by atoms with Crippen LogP contribution in [0.2, 0.25) is 0 Å². The van der Waals surface area contributed by atoms with Gasteiger partial charge in [0.2, 0.25) is 0 Å². The van der Waals surface area contributed by atoms with E-state index in [4.69, 9.17) is 5.11 Å². The lowest BCUT2D eigenvalue weighted by Crippen LogP contribution is -2.56. The fourth-order valence-corrected chi connectivity index (χ4v) is 1.56. The number of amides is 1. The van der Waals surface area contributed by atoms with Gasteiger partial charge in [-0.25, -0.2) is 4.79 Å².